The molecule has 8 heteroatoms. The Morgan fingerprint density at radius 1 is 1.36 bits per heavy atom. The minimum absolute atomic E-state index is 0.0468. The zero-order chi connectivity index (χ0) is 17.9. The molecule has 1 aliphatic rings. The molecule has 1 unspecified atom stereocenters. The van der Waals surface area contributed by atoms with Crippen LogP contribution in [0.4, 0.5) is 0 Å². The number of sulfone groups is 1. The van der Waals surface area contributed by atoms with Gasteiger partial charge in [-0.25, -0.2) is 13.4 Å². The van der Waals surface area contributed by atoms with Crippen LogP contribution in [0.15, 0.2) is 41.7 Å². The van der Waals surface area contributed by atoms with Crippen LogP contribution in [0.5, 0.6) is 0 Å². The minimum Gasteiger partial charge on any atom is -0.352 e. The summed E-state index contributed by atoms with van der Waals surface area (Å²) in [4.78, 5) is 16.5. The van der Waals surface area contributed by atoms with E-state index in [2.05, 4.69) is 14.9 Å². The summed E-state index contributed by atoms with van der Waals surface area (Å²) in [7, 11) is -2.98. The average Bonchev–Trinajstić information content (AvgIpc) is 3.16. The fourth-order valence-electron chi connectivity index (χ4n) is 2.93. The molecule has 1 atom stereocenters. The fraction of sp³-hybridized carbons (Fsp3) is 0.412. The Labute approximate surface area is 152 Å². The highest BCUT2D eigenvalue weighted by atomic mass is 32.2. The van der Waals surface area contributed by atoms with Gasteiger partial charge in [-0.1, -0.05) is 42.1 Å². The SMILES string of the molecule is CCn1c(-c2ccccc2)cnc1SCC(=O)NC1CCS(=O)(=O)C1. The molecule has 0 radical (unpaired) electrons. The lowest BCUT2D eigenvalue weighted by atomic mass is 10.2. The predicted molar refractivity (Wildman–Crippen MR) is 99.3 cm³/mol. The van der Waals surface area contributed by atoms with E-state index >= 15 is 0 Å². The Morgan fingerprint density at radius 3 is 2.76 bits per heavy atom. The van der Waals surface area contributed by atoms with Gasteiger partial charge < -0.3 is 9.88 Å². The maximum atomic E-state index is 12.1. The lowest BCUT2D eigenvalue weighted by Crippen LogP contribution is -2.36. The van der Waals surface area contributed by atoms with E-state index in [1.807, 2.05) is 43.5 Å². The van der Waals surface area contributed by atoms with Gasteiger partial charge in [0, 0.05) is 12.6 Å². The Hall–Kier alpha value is -1.80. The molecule has 0 bridgehead atoms. The Bertz CT molecular complexity index is 847. The number of benzene rings is 1. The van der Waals surface area contributed by atoms with Gasteiger partial charge in [0.2, 0.25) is 5.91 Å². The van der Waals surface area contributed by atoms with Crippen LogP contribution in [-0.2, 0) is 21.2 Å². The first-order chi connectivity index (χ1) is 12.0. The van der Waals surface area contributed by atoms with E-state index in [0.29, 0.717) is 6.42 Å². The topological polar surface area (TPSA) is 81.1 Å². The van der Waals surface area contributed by atoms with Crippen LogP contribution in [0.25, 0.3) is 11.3 Å². The van der Waals surface area contributed by atoms with E-state index in [1.54, 1.807) is 0 Å². The van der Waals surface area contributed by atoms with Crippen molar-refractivity contribution in [2.45, 2.75) is 31.1 Å². The van der Waals surface area contributed by atoms with Crippen LogP contribution in [0.3, 0.4) is 0 Å². The molecule has 1 N–H and O–H groups in total. The second kappa shape index (κ2) is 7.61. The molecule has 6 nitrogen and oxygen atoms in total. The summed E-state index contributed by atoms with van der Waals surface area (Å²) in [6.07, 6.45) is 2.32. The number of hydrogen-bond donors (Lipinski definition) is 1. The molecule has 2 aromatic rings. The van der Waals surface area contributed by atoms with Crippen molar-refractivity contribution in [2.24, 2.45) is 0 Å². The van der Waals surface area contributed by atoms with Crippen molar-refractivity contribution in [3.05, 3.63) is 36.5 Å². The Kier molecular flexibility index (Phi) is 5.48. The summed E-state index contributed by atoms with van der Waals surface area (Å²) >= 11 is 1.37. The lowest BCUT2D eigenvalue weighted by molar-refractivity contribution is -0.119. The van der Waals surface area contributed by atoms with E-state index < -0.39 is 9.84 Å². The molecule has 3 rings (SSSR count). The van der Waals surface area contributed by atoms with Gasteiger partial charge in [-0.2, -0.15) is 0 Å². The summed E-state index contributed by atoms with van der Waals surface area (Å²) in [6, 6.07) is 9.75. The van der Waals surface area contributed by atoms with Crippen LogP contribution < -0.4 is 5.32 Å². The summed E-state index contributed by atoms with van der Waals surface area (Å²) in [5.74, 6) is 0.276. The molecule has 134 valence electrons. The highest BCUT2D eigenvalue weighted by Gasteiger charge is 2.28. The number of nitrogens with one attached hydrogen (secondary N) is 1. The summed E-state index contributed by atoms with van der Waals surface area (Å²) in [5, 5.41) is 3.59. The first kappa shape index (κ1) is 18.0. The Balaban J connectivity index is 1.62. The number of aromatic nitrogens is 2. The van der Waals surface area contributed by atoms with Crippen molar-refractivity contribution >= 4 is 27.5 Å². The fourth-order valence-corrected chi connectivity index (χ4v) is 5.45. The van der Waals surface area contributed by atoms with Crippen LogP contribution in [0.1, 0.15) is 13.3 Å². The number of amides is 1. The molecule has 1 fully saturated rings. The van der Waals surface area contributed by atoms with Crippen LogP contribution in [0.2, 0.25) is 0 Å². The van der Waals surface area contributed by atoms with E-state index in [-0.39, 0.29) is 29.2 Å². The third kappa shape index (κ3) is 4.43. The quantitative estimate of drug-likeness (QED) is 0.776. The number of rotatable bonds is 6. The summed E-state index contributed by atoms with van der Waals surface area (Å²) < 4.78 is 25.0. The summed E-state index contributed by atoms with van der Waals surface area (Å²) in [6.45, 7) is 2.80. The first-order valence-corrected chi connectivity index (χ1v) is 11.0. The number of carbonyl (C=O) groups is 1. The second-order valence-electron chi connectivity index (χ2n) is 5.99. The van der Waals surface area contributed by atoms with Crippen LogP contribution in [0, 0.1) is 0 Å². The molecule has 25 heavy (non-hydrogen) atoms. The molecule has 0 spiro atoms. The van der Waals surface area contributed by atoms with E-state index in [9.17, 15) is 13.2 Å². The third-order valence-corrected chi connectivity index (χ3v) is 6.89. The zero-order valence-electron chi connectivity index (χ0n) is 14.0. The molecule has 1 amide bonds. The maximum Gasteiger partial charge on any atom is 0.230 e. The molecule has 1 saturated heterocycles. The van der Waals surface area contributed by atoms with Gasteiger partial charge in [0.15, 0.2) is 15.0 Å². The zero-order valence-corrected chi connectivity index (χ0v) is 15.6. The van der Waals surface area contributed by atoms with Crippen molar-refractivity contribution in [1.82, 2.24) is 14.9 Å². The highest BCUT2D eigenvalue weighted by molar-refractivity contribution is 7.99. The highest BCUT2D eigenvalue weighted by Crippen LogP contribution is 2.26. The monoisotopic (exact) mass is 379 g/mol. The van der Waals surface area contributed by atoms with Gasteiger partial charge in [0.25, 0.3) is 0 Å². The summed E-state index contributed by atoms with van der Waals surface area (Å²) in [5.41, 5.74) is 2.11. The van der Waals surface area contributed by atoms with E-state index in [0.717, 1.165) is 23.0 Å². The molecule has 0 saturated carbocycles. The van der Waals surface area contributed by atoms with Crippen LogP contribution in [-0.4, -0.2) is 47.2 Å². The van der Waals surface area contributed by atoms with Crippen molar-refractivity contribution < 1.29 is 13.2 Å². The molecule has 0 aliphatic carbocycles. The predicted octanol–water partition coefficient (Wildman–Crippen LogP) is 1.97. The standard InChI is InChI=1S/C17H21N3O3S2/c1-2-20-15(13-6-4-3-5-7-13)10-18-17(20)24-11-16(21)19-14-8-9-25(22,23)12-14/h3-7,10,14H,2,8-9,11-12H2,1H3,(H,19,21). The van der Waals surface area contributed by atoms with Crippen molar-refractivity contribution in [1.29, 1.82) is 0 Å². The van der Waals surface area contributed by atoms with Crippen LogP contribution >= 0.6 is 11.8 Å². The number of nitrogens with zero attached hydrogens (tertiary/aromatic N) is 2. The molecule has 1 aliphatic heterocycles. The maximum absolute atomic E-state index is 12.1. The lowest BCUT2D eigenvalue weighted by Gasteiger charge is -2.11. The molecule has 1 aromatic heterocycles. The van der Waals surface area contributed by atoms with Gasteiger partial charge in [-0.05, 0) is 18.9 Å². The number of imidazole rings is 1. The molecular formula is C17H21N3O3S2. The first-order valence-electron chi connectivity index (χ1n) is 8.22. The normalized spacial score (nSPS) is 19.0. The molecule has 2 heterocycles. The van der Waals surface area contributed by atoms with Crippen molar-refractivity contribution in [3.63, 3.8) is 0 Å². The van der Waals surface area contributed by atoms with Gasteiger partial charge in [-0.15, -0.1) is 0 Å². The third-order valence-electron chi connectivity index (χ3n) is 4.13. The Morgan fingerprint density at radius 2 is 2.12 bits per heavy atom. The second-order valence-corrected chi connectivity index (χ2v) is 9.16. The van der Waals surface area contributed by atoms with E-state index in [4.69, 9.17) is 0 Å². The number of carbonyl (C=O) groups excluding carboxylic acids is 1. The smallest absolute Gasteiger partial charge is 0.230 e. The van der Waals surface area contributed by atoms with E-state index in [1.165, 1.54) is 11.8 Å². The minimum atomic E-state index is -2.98. The molecular weight excluding hydrogens is 358 g/mol. The van der Waals surface area contributed by atoms with Gasteiger partial charge >= 0.3 is 0 Å². The molecule has 1 aromatic carbocycles. The van der Waals surface area contributed by atoms with Gasteiger partial charge in [0.05, 0.1) is 29.1 Å². The number of thioether (sulfide) groups is 1. The number of hydrogen-bond acceptors (Lipinski definition) is 5. The van der Waals surface area contributed by atoms with Crippen molar-refractivity contribution in [2.75, 3.05) is 17.3 Å². The van der Waals surface area contributed by atoms with Crippen molar-refractivity contribution in [3.8, 4) is 11.3 Å². The van der Waals surface area contributed by atoms with Gasteiger partial charge in [-0.3, -0.25) is 4.79 Å². The average molecular weight is 380 g/mol. The van der Waals surface area contributed by atoms with Gasteiger partial charge in [0.1, 0.15) is 0 Å². The largest absolute Gasteiger partial charge is 0.352 e.